The van der Waals surface area contributed by atoms with E-state index in [4.69, 9.17) is 9.84 Å². The highest BCUT2D eigenvalue weighted by Crippen LogP contribution is 2.32. The first-order valence-electron chi connectivity index (χ1n) is 8.99. The van der Waals surface area contributed by atoms with Crippen molar-refractivity contribution >= 4 is 11.9 Å². The lowest BCUT2D eigenvalue weighted by molar-refractivity contribution is -0.152. The molecule has 162 valence electrons. The molecule has 1 unspecified atom stereocenters. The summed E-state index contributed by atoms with van der Waals surface area (Å²) in [4.78, 5) is 23.3. The van der Waals surface area contributed by atoms with Gasteiger partial charge in [-0.1, -0.05) is 18.2 Å². The first kappa shape index (κ1) is 23.2. The van der Waals surface area contributed by atoms with Crippen LogP contribution in [0.2, 0.25) is 0 Å². The van der Waals surface area contributed by atoms with E-state index in [0.29, 0.717) is 18.2 Å². The Morgan fingerprint density at radius 2 is 1.70 bits per heavy atom. The summed E-state index contributed by atoms with van der Waals surface area (Å²) in [6, 6.07) is 8.51. The van der Waals surface area contributed by atoms with Gasteiger partial charge in [-0.2, -0.15) is 13.2 Å². The Bertz CT molecular complexity index is 924. The first-order chi connectivity index (χ1) is 13.8. The van der Waals surface area contributed by atoms with Crippen molar-refractivity contribution in [1.82, 2.24) is 5.32 Å². The third-order valence-electron chi connectivity index (χ3n) is 4.28. The maximum atomic E-state index is 14.1. The van der Waals surface area contributed by atoms with Gasteiger partial charge in [-0.15, -0.1) is 0 Å². The summed E-state index contributed by atoms with van der Waals surface area (Å²) < 4.78 is 57.9. The van der Waals surface area contributed by atoms with Gasteiger partial charge in [0, 0.05) is 6.04 Å². The van der Waals surface area contributed by atoms with E-state index in [0.717, 1.165) is 17.7 Å². The van der Waals surface area contributed by atoms with Crippen LogP contribution in [-0.2, 0) is 17.4 Å². The molecule has 0 aliphatic carbocycles. The average Bonchev–Trinajstić information content (AvgIpc) is 2.62. The second-order valence-electron chi connectivity index (χ2n) is 7.30. The maximum Gasteiger partial charge on any atom is 0.419 e. The molecule has 1 atom stereocenters. The van der Waals surface area contributed by atoms with E-state index in [2.05, 4.69) is 5.32 Å². The van der Waals surface area contributed by atoms with Crippen molar-refractivity contribution in [2.45, 2.75) is 45.0 Å². The van der Waals surface area contributed by atoms with Gasteiger partial charge in [0.1, 0.15) is 11.6 Å². The highest BCUT2D eigenvalue weighted by Gasteiger charge is 2.35. The normalized spacial score (nSPS) is 12.9. The van der Waals surface area contributed by atoms with E-state index in [-0.39, 0.29) is 0 Å². The molecule has 0 spiro atoms. The second-order valence-corrected chi connectivity index (χ2v) is 7.30. The summed E-state index contributed by atoms with van der Waals surface area (Å²) in [7, 11) is 0. The number of hydrogen-bond donors (Lipinski definition) is 2. The molecule has 0 aliphatic rings. The van der Waals surface area contributed by atoms with Crippen molar-refractivity contribution < 1.29 is 37.0 Å². The van der Waals surface area contributed by atoms with Crippen molar-refractivity contribution in [3.05, 3.63) is 65.0 Å². The minimum Gasteiger partial charge on any atom is -0.478 e. The van der Waals surface area contributed by atoms with Crippen LogP contribution >= 0.6 is 0 Å². The Morgan fingerprint density at radius 3 is 2.23 bits per heavy atom. The van der Waals surface area contributed by atoms with Gasteiger partial charge >= 0.3 is 12.1 Å². The van der Waals surface area contributed by atoms with Crippen molar-refractivity contribution in [3.63, 3.8) is 0 Å². The molecule has 2 N–H and O–H groups in total. The molecule has 0 saturated carbocycles. The fraction of sp³-hybridized carbons (Fsp3) is 0.333. The number of amides is 1. The number of carboxylic acids is 1. The van der Waals surface area contributed by atoms with Gasteiger partial charge in [0.05, 0.1) is 11.1 Å². The number of alkyl halides is 3. The summed E-state index contributed by atoms with van der Waals surface area (Å²) in [5.41, 5.74) is -2.83. The SMILES string of the molecule is CC(Cc1ccc(OC(C)(C)C(=O)O)cc1)NC(=O)c1cccc(C(F)(F)F)c1F. The lowest BCUT2D eigenvalue weighted by Crippen LogP contribution is -2.37. The van der Waals surface area contributed by atoms with Gasteiger partial charge in [0.2, 0.25) is 0 Å². The highest BCUT2D eigenvalue weighted by atomic mass is 19.4. The molecule has 9 heteroatoms. The molecular formula is C21H21F4NO4. The van der Waals surface area contributed by atoms with Crippen LogP contribution in [0, 0.1) is 5.82 Å². The monoisotopic (exact) mass is 427 g/mol. The van der Waals surface area contributed by atoms with Crippen LogP contribution in [0.3, 0.4) is 0 Å². The maximum absolute atomic E-state index is 14.1. The molecular weight excluding hydrogens is 406 g/mol. The number of halogens is 4. The van der Waals surface area contributed by atoms with Crippen LogP contribution in [0.25, 0.3) is 0 Å². The minimum atomic E-state index is -4.90. The van der Waals surface area contributed by atoms with E-state index < -0.39 is 46.6 Å². The zero-order chi connectivity index (χ0) is 22.7. The van der Waals surface area contributed by atoms with E-state index in [1.807, 2.05) is 0 Å². The Balaban J connectivity index is 2.03. The molecule has 0 bridgehead atoms. The molecule has 2 aromatic rings. The van der Waals surface area contributed by atoms with Crippen molar-refractivity contribution in [1.29, 1.82) is 0 Å². The fourth-order valence-electron chi connectivity index (χ4n) is 2.66. The Hall–Kier alpha value is -3.10. The Morgan fingerprint density at radius 1 is 1.10 bits per heavy atom. The topological polar surface area (TPSA) is 75.6 Å². The van der Waals surface area contributed by atoms with Gasteiger partial charge in [0.25, 0.3) is 5.91 Å². The zero-order valence-electron chi connectivity index (χ0n) is 16.5. The summed E-state index contributed by atoms with van der Waals surface area (Å²) in [6.07, 6.45) is -4.58. The van der Waals surface area contributed by atoms with E-state index in [9.17, 15) is 27.2 Å². The van der Waals surface area contributed by atoms with Crippen molar-refractivity contribution in [2.24, 2.45) is 0 Å². The average molecular weight is 427 g/mol. The minimum absolute atomic E-state index is 0.314. The molecule has 1 amide bonds. The number of aliphatic carboxylic acids is 1. The molecule has 2 aromatic carbocycles. The number of carbonyl (C=O) groups excluding carboxylic acids is 1. The largest absolute Gasteiger partial charge is 0.478 e. The predicted octanol–water partition coefficient (Wildman–Crippen LogP) is 4.45. The standard InChI is InChI=1S/C21H21F4NO4/c1-12(11-13-7-9-14(10-8-13)30-20(2,3)19(28)29)26-18(27)15-5-4-6-16(17(15)22)21(23,24)25/h4-10,12H,11H2,1-3H3,(H,26,27)(H,28,29). The predicted molar refractivity (Wildman–Crippen MR) is 101 cm³/mol. The number of carboxylic acid groups (broad SMARTS) is 1. The third-order valence-corrected chi connectivity index (χ3v) is 4.28. The van der Waals surface area contributed by atoms with Gasteiger partial charge in [-0.3, -0.25) is 4.79 Å². The van der Waals surface area contributed by atoms with Crippen LogP contribution in [-0.4, -0.2) is 28.6 Å². The van der Waals surface area contributed by atoms with Crippen LogP contribution in [0.5, 0.6) is 5.75 Å². The van der Waals surface area contributed by atoms with E-state index in [1.165, 1.54) is 13.8 Å². The number of nitrogens with one attached hydrogen (secondary N) is 1. The Kier molecular flexibility index (Phi) is 6.74. The second kappa shape index (κ2) is 8.73. The number of carbonyl (C=O) groups is 2. The molecule has 30 heavy (non-hydrogen) atoms. The summed E-state index contributed by atoms with van der Waals surface area (Å²) in [6.45, 7) is 4.45. The highest BCUT2D eigenvalue weighted by molar-refractivity contribution is 5.94. The summed E-state index contributed by atoms with van der Waals surface area (Å²) in [5, 5.41) is 11.6. The molecule has 0 radical (unpaired) electrons. The number of benzene rings is 2. The lowest BCUT2D eigenvalue weighted by atomic mass is 10.0. The van der Waals surface area contributed by atoms with Gasteiger partial charge < -0.3 is 15.2 Å². The molecule has 2 rings (SSSR count). The summed E-state index contributed by atoms with van der Waals surface area (Å²) >= 11 is 0. The molecule has 0 fully saturated rings. The summed E-state index contributed by atoms with van der Waals surface area (Å²) in [5.74, 6) is -3.34. The molecule has 0 aliphatic heterocycles. The van der Waals surface area contributed by atoms with Gasteiger partial charge in [-0.05, 0) is 57.0 Å². The van der Waals surface area contributed by atoms with Crippen LogP contribution in [0.15, 0.2) is 42.5 Å². The first-order valence-corrected chi connectivity index (χ1v) is 8.99. The zero-order valence-corrected chi connectivity index (χ0v) is 16.5. The molecule has 5 nitrogen and oxygen atoms in total. The smallest absolute Gasteiger partial charge is 0.419 e. The van der Waals surface area contributed by atoms with Crippen LogP contribution in [0.1, 0.15) is 42.3 Å². The number of rotatable bonds is 7. The molecule has 0 heterocycles. The number of ether oxygens (including phenoxy) is 1. The van der Waals surface area contributed by atoms with Gasteiger partial charge in [0.15, 0.2) is 5.60 Å². The molecule has 0 saturated heterocycles. The van der Waals surface area contributed by atoms with Crippen LogP contribution in [0.4, 0.5) is 17.6 Å². The van der Waals surface area contributed by atoms with Crippen LogP contribution < -0.4 is 10.1 Å². The number of hydrogen-bond acceptors (Lipinski definition) is 3. The molecule has 0 aromatic heterocycles. The van der Waals surface area contributed by atoms with E-state index >= 15 is 0 Å². The quantitative estimate of drug-likeness (QED) is 0.641. The fourth-order valence-corrected chi connectivity index (χ4v) is 2.66. The van der Waals surface area contributed by atoms with Crippen molar-refractivity contribution in [2.75, 3.05) is 0 Å². The third kappa shape index (κ3) is 5.71. The Labute approximate surface area is 170 Å². The van der Waals surface area contributed by atoms with E-state index in [1.54, 1.807) is 31.2 Å². The van der Waals surface area contributed by atoms with Crippen molar-refractivity contribution in [3.8, 4) is 5.75 Å². The lowest BCUT2D eigenvalue weighted by Gasteiger charge is -2.21. The van der Waals surface area contributed by atoms with Gasteiger partial charge in [-0.25, -0.2) is 9.18 Å².